The van der Waals surface area contributed by atoms with E-state index in [1.54, 1.807) is 12.1 Å². The molecule has 0 amide bonds. The van der Waals surface area contributed by atoms with Crippen molar-refractivity contribution < 1.29 is 9.53 Å². The van der Waals surface area contributed by atoms with Gasteiger partial charge in [-0.25, -0.2) is 4.79 Å². The molecule has 0 saturated carbocycles. The number of carbonyl (C=O) groups excluding carboxylic acids is 1. The second-order valence-corrected chi connectivity index (χ2v) is 2.73. The van der Waals surface area contributed by atoms with Gasteiger partial charge >= 0.3 is 5.97 Å². The molecule has 3 nitrogen and oxygen atoms in total. The third-order valence-corrected chi connectivity index (χ3v) is 1.78. The number of halogens is 1. The molecular formula is C10H14ClNO2. The molecule has 0 aliphatic rings. The average Bonchev–Trinajstić information content (AvgIpc) is 2.18. The van der Waals surface area contributed by atoms with E-state index in [9.17, 15) is 4.79 Å². The summed E-state index contributed by atoms with van der Waals surface area (Å²) in [5, 5.41) is 0. The molecule has 14 heavy (non-hydrogen) atoms. The van der Waals surface area contributed by atoms with Crippen LogP contribution in [0, 0.1) is 0 Å². The second kappa shape index (κ2) is 6.40. The fourth-order valence-corrected chi connectivity index (χ4v) is 1.14. The van der Waals surface area contributed by atoms with Crippen LogP contribution in [-0.2, 0) is 11.2 Å². The number of hydrogen-bond acceptors (Lipinski definition) is 3. The van der Waals surface area contributed by atoms with Crippen LogP contribution < -0.4 is 5.73 Å². The number of benzene rings is 1. The number of methoxy groups -OCH3 is 1. The molecule has 2 N–H and O–H groups in total. The van der Waals surface area contributed by atoms with Crippen molar-refractivity contribution >= 4 is 18.4 Å². The lowest BCUT2D eigenvalue weighted by atomic mass is 10.1. The first kappa shape index (κ1) is 12.9. The maximum Gasteiger partial charge on any atom is 0.337 e. The van der Waals surface area contributed by atoms with Gasteiger partial charge in [0.25, 0.3) is 0 Å². The highest BCUT2D eigenvalue weighted by Gasteiger charge is 2.04. The predicted octanol–water partition coefficient (Wildman–Crippen LogP) is 1.40. The van der Waals surface area contributed by atoms with E-state index in [4.69, 9.17) is 5.73 Å². The van der Waals surface area contributed by atoms with Crippen molar-refractivity contribution in [3.05, 3.63) is 35.4 Å². The lowest BCUT2D eigenvalue weighted by molar-refractivity contribution is 0.0600. The minimum Gasteiger partial charge on any atom is -0.465 e. The number of rotatable bonds is 3. The number of esters is 1. The molecule has 78 valence electrons. The molecule has 0 radical (unpaired) electrons. The molecule has 0 fully saturated rings. The molecule has 0 saturated heterocycles. The summed E-state index contributed by atoms with van der Waals surface area (Å²) in [5.41, 5.74) is 7.04. The smallest absolute Gasteiger partial charge is 0.337 e. The van der Waals surface area contributed by atoms with Gasteiger partial charge in [0.15, 0.2) is 0 Å². The zero-order chi connectivity index (χ0) is 9.68. The van der Waals surface area contributed by atoms with Crippen LogP contribution in [0.4, 0.5) is 0 Å². The number of carbonyl (C=O) groups is 1. The fraction of sp³-hybridized carbons (Fsp3) is 0.300. The average molecular weight is 216 g/mol. The molecule has 0 bridgehead atoms. The molecule has 0 atom stereocenters. The van der Waals surface area contributed by atoms with Crippen molar-refractivity contribution in [2.45, 2.75) is 6.42 Å². The van der Waals surface area contributed by atoms with Gasteiger partial charge in [-0.15, -0.1) is 12.4 Å². The summed E-state index contributed by atoms with van der Waals surface area (Å²) in [6.07, 6.45) is 0.783. The SMILES string of the molecule is COC(=O)c1cccc(CCN)c1.Cl. The second-order valence-electron chi connectivity index (χ2n) is 2.73. The minimum absolute atomic E-state index is 0. The van der Waals surface area contributed by atoms with Crippen LogP contribution >= 0.6 is 12.4 Å². The van der Waals surface area contributed by atoms with Crippen LogP contribution in [0.2, 0.25) is 0 Å². The zero-order valence-corrected chi connectivity index (χ0v) is 8.84. The third-order valence-electron chi connectivity index (χ3n) is 1.78. The Hall–Kier alpha value is -1.06. The van der Waals surface area contributed by atoms with Gasteiger partial charge in [-0.05, 0) is 30.7 Å². The van der Waals surface area contributed by atoms with Crippen molar-refractivity contribution in [2.24, 2.45) is 5.73 Å². The van der Waals surface area contributed by atoms with E-state index in [-0.39, 0.29) is 18.4 Å². The normalized spacial score (nSPS) is 9.00. The Morgan fingerprint density at radius 1 is 1.50 bits per heavy atom. The Balaban J connectivity index is 0.00000169. The monoisotopic (exact) mass is 215 g/mol. The van der Waals surface area contributed by atoms with Gasteiger partial charge in [0.2, 0.25) is 0 Å². The maximum atomic E-state index is 11.1. The molecule has 1 rings (SSSR count). The van der Waals surface area contributed by atoms with Gasteiger partial charge in [0.05, 0.1) is 12.7 Å². The highest BCUT2D eigenvalue weighted by molar-refractivity contribution is 5.89. The van der Waals surface area contributed by atoms with Crippen LogP contribution in [0.5, 0.6) is 0 Å². The Morgan fingerprint density at radius 3 is 2.79 bits per heavy atom. The molecule has 0 spiro atoms. The van der Waals surface area contributed by atoms with Gasteiger partial charge in [-0.3, -0.25) is 0 Å². The zero-order valence-electron chi connectivity index (χ0n) is 8.03. The Labute approximate surface area is 89.7 Å². The Bertz CT molecular complexity index is 302. The van der Waals surface area contributed by atoms with Gasteiger partial charge in [-0.1, -0.05) is 12.1 Å². The molecular weight excluding hydrogens is 202 g/mol. The van der Waals surface area contributed by atoms with Crippen molar-refractivity contribution in [3.8, 4) is 0 Å². The number of hydrogen-bond donors (Lipinski definition) is 1. The summed E-state index contributed by atoms with van der Waals surface area (Å²) >= 11 is 0. The first-order chi connectivity index (χ1) is 6.27. The quantitative estimate of drug-likeness (QED) is 0.776. The molecule has 0 unspecified atom stereocenters. The molecule has 0 aliphatic heterocycles. The van der Waals surface area contributed by atoms with Crippen molar-refractivity contribution in [3.63, 3.8) is 0 Å². The predicted molar refractivity (Wildman–Crippen MR) is 57.8 cm³/mol. The van der Waals surface area contributed by atoms with Crippen LogP contribution in [-0.4, -0.2) is 19.6 Å². The van der Waals surface area contributed by atoms with Crippen LogP contribution in [0.3, 0.4) is 0 Å². The summed E-state index contributed by atoms with van der Waals surface area (Å²) in [6, 6.07) is 7.31. The van der Waals surface area contributed by atoms with Crippen LogP contribution in [0.1, 0.15) is 15.9 Å². The van der Waals surface area contributed by atoms with E-state index in [0.717, 1.165) is 12.0 Å². The number of ether oxygens (including phenoxy) is 1. The van der Waals surface area contributed by atoms with E-state index >= 15 is 0 Å². The van der Waals surface area contributed by atoms with Gasteiger partial charge in [-0.2, -0.15) is 0 Å². The number of nitrogens with two attached hydrogens (primary N) is 1. The van der Waals surface area contributed by atoms with Crippen molar-refractivity contribution in [1.29, 1.82) is 0 Å². The van der Waals surface area contributed by atoms with E-state index in [2.05, 4.69) is 4.74 Å². The topological polar surface area (TPSA) is 52.3 Å². The molecule has 4 heteroatoms. The summed E-state index contributed by atoms with van der Waals surface area (Å²) in [4.78, 5) is 11.1. The van der Waals surface area contributed by atoms with Crippen molar-refractivity contribution in [2.75, 3.05) is 13.7 Å². The maximum absolute atomic E-state index is 11.1. The van der Waals surface area contributed by atoms with E-state index in [1.165, 1.54) is 7.11 Å². The molecule has 1 aromatic rings. The summed E-state index contributed by atoms with van der Waals surface area (Å²) < 4.78 is 4.60. The lowest BCUT2D eigenvalue weighted by Gasteiger charge is -2.01. The van der Waals surface area contributed by atoms with Crippen molar-refractivity contribution in [1.82, 2.24) is 0 Å². The highest BCUT2D eigenvalue weighted by atomic mass is 35.5. The molecule has 1 aromatic carbocycles. The van der Waals surface area contributed by atoms with Crippen LogP contribution in [0.15, 0.2) is 24.3 Å². The Morgan fingerprint density at radius 2 is 2.21 bits per heavy atom. The lowest BCUT2D eigenvalue weighted by Crippen LogP contribution is -2.05. The summed E-state index contributed by atoms with van der Waals surface area (Å²) in [6.45, 7) is 0.588. The van der Waals surface area contributed by atoms with Gasteiger partial charge < -0.3 is 10.5 Å². The highest BCUT2D eigenvalue weighted by Crippen LogP contribution is 2.06. The molecule has 0 aliphatic carbocycles. The van der Waals surface area contributed by atoms with Crippen LogP contribution in [0.25, 0.3) is 0 Å². The first-order valence-corrected chi connectivity index (χ1v) is 4.15. The van der Waals surface area contributed by atoms with E-state index in [1.807, 2.05) is 12.1 Å². The largest absolute Gasteiger partial charge is 0.465 e. The summed E-state index contributed by atoms with van der Waals surface area (Å²) in [7, 11) is 1.37. The van der Waals surface area contributed by atoms with E-state index in [0.29, 0.717) is 12.1 Å². The van der Waals surface area contributed by atoms with Gasteiger partial charge in [0.1, 0.15) is 0 Å². The third kappa shape index (κ3) is 3.36. The van der Waals surface area contributed by atoms with E-state index < -0.39 is 0 Å². The Kier molecular flexibility index (Phi) is 5.92. The molecule has 0 aromatic heterocycles. The summed E-state index contributed by atoms with van der Waals surface area (Å²) in [5.74, 6) is -0.307. The standard InChI is InChI=1S/C10H13NO2.ClH/c1-13-10(12)9-4-2-3-8(7-9)5-6-11;/h2-4,7H,5-6,11H2,1H3;1H. The minimum atomic E-state index is -0.307. The first-order valence-electron chi connectivity index (χ1n) is 4.15. The van der Waals surface area contributed by atoms with Gasteiger partial charge in [0, 0.05) is 0 Å². The fourth-order valence-electron chi connectivity index (χ4n) is 1.14. The molecule has 0 heterocycles.